The molecular weight excluding hydrogens is 440 g/mol. The molecular formula is C30H48O5. The van der Waals surface area contributed by atoms with Crippen LogP contribution in [0.3, 0.4) is 0 Å². The largest absolute Gasteiger partial charge is 0.493 e. The van der Waals surface area contributed by atoms with Crippen LogP contribution in [0, 0.1) is 12.3 Å². The lowest BCUT2D eigenvalue weighted by Gasteiger charge is -2.35. The molecule has 0 spiro atoms. The molecule has 1 aromatic rings. The number of aliphatic hydroxyl groups is 1. The zero-order valence-corrected chi connectivity index (χ0v) is 23.4. The molecule has 0 aliphatic carbocycles. The third-order valence-corrected chi connectivity index (χ3v) is 6.05. The molecule has 1 unspecified atom stereocenters. The average molecular weight is 489 g/mol. The van der Waals surface area contributed by atoms with Crippen molar-refractivity contribution in [1.29, 1.82) is 0 Å². The first-order chi connectivity index (χ1) is 16.5. The number of esters is 1. The van der Waals surface area contributed by atoms with Crippen molar-refractivity contribution in [2.45, 2.75) is 86.2 Å². The maximum Gasteiger partial charge on any atom is 0.330 e. The Morgan fingerprint density at radius 2 is 1.80 bits per heavy atom. The van der Waals surface area contributed by atoms with Crippen LogP contribution in [0.15, 0.2) is 54.8 Å². The number of rotatable bonds is 13. The number of aliphatic hydroxyl groups excluding tert-OH is 1. The third kappa shape index (κ3) is 9.93. The van der Waals surface area contributed by atoms with E-state index in [4.69, 9.17) is 9.47 Å². The molecule has 0 saturated carbocycles. The van der Waals surface area contributed by atoms with Gasteiger partial charge in [0.2, 0.25) is 0 Å². The average Bonchev–Trinajstić information content (AvgIpc) is 2.85. The van der Waals surface area contributed by atoms with Crippen LogP contribution in [-0.4, -0.2) is 37.5 Å². The Hall–Kier alpha value is -2.53. The fourth-order valence-electron chi connectivity index (χ4n) is 3.63. The van der Waals surface area contributed by atoms with Gasteiger partial charge in [0.1, 0.15) is 24.7 Å². The monoisotopic (exact) mass is 488 g/mol. The second-order valence-corrected chi connectivity index (χ2v) is 9.29. The highest BCUT2D eigenvalue weighted by Crippen LogP contribution is 2.41. The minimum atomic E-state index is -0.554. The fourth-order valence-corrected chi connectivity index (χ4v) is 3.63. The Morgan fingerprint density at radius 3 is 2.29 bits per heavy atom. The summed E-state index contributed by atoms with van der Waals surface area (Å²) in [5, 5.41) is 10.3. The Labute approximate surface area is 213 Å². The molecule has 0 fully saturated rings. The Bertz CT molecular complexity index is 826. The summed E-state index contributed by atoms with van der Waals surface area (Å²) in [6, 6.07) is 6.19. The van der Waals surface area contributed by atoms with Crippen molar-refractivity contribution in [3.05, 3.63) is 66.0 Å². The zero-order chi connectivity index (χ0) is 27.1. The van der Waals surface area contributed by atoms with Crippen LogP contribution >= 0.6 is 0 Å². The number of carbonyl (C=O) groups is 1. The van der Waals surface area contributed by atoms with Gasteiger partial charge in [-0.15, -0.1) is 0 Å². The van der Waals surface area contributed by atoms with Crippen molar-refractivity contribution in [1.82, 2.24) is 0 Å². The predicted octanol–water partition coefficient (Wildman–Crippen LogP) is 7.07. The summed E-state index contributed by atoms with van der Waals surface area (Å²) in [5.41, 5.74) is 1.59. The third-order valence-electron chi connectivity index (χ3n) is 6.05. The van der Waals surface area contributed by atoms with Crippen LogP contribution < -0.4 is 4.74 Å². The molecule has 0 bridgehead atoms. The first-order valence-electron chi connectivity index (χ1n) is 12.7. The van der Waals surface area contributed by atoms with Gasteiger partial charge in [-0.25, -0.2) is 4.79 Å². The highest BCUT2D eigenvalue weighted by molar-refractivity contribution is 5.81. The first kappa shape index (κ1) is 32.5. The highest BCUT2D eigenvalue weighted by atomic mass is 16.5. The van der Waals surface area contributed by atoms with Gasteiger partial charge in [-0.05, 0) is 54.9 Å². The molecule has 198 valence electrons. The number of carbonyl (C=O) groups excluding carboxylic acids is 1. The molecule has 1 N–H and O–H groups in total. The van der Waals surface area contributed by atoms with Crippen LogP contribution in [0.5, 0.6) is 5.75 Å². The lowest BCUT2D eigenvalue weighted by Crippen LogP contribution is -2.32. The Kier molecular flexibility index (Phi) is 15.0. The molecule has 1 atom stereocenters. The predicted molar refractivity (Wildman–Crippen MR) is 146 cm³/mol. The molecule has 0 saturated heterocycles. The van der Waals surface area contributed by atoms with E-state index in [0.29, 0.717) is 13.0 Å². The second kappa shape index (κ2) is 16.2. The van der Waals surface area contributed by atoms with Crippen molar-refractivity contribution >= 4 is 5.97 Å². The minimum absolute atomic E-state index is 0.238. The summed E-state index contributed by atoms with van der Waals surface area (Å²) in [4.78, 5) is 11.4. The van der Waals surface area contributed by atoms with E-state index in [-0.39, 0.29) is 23.4 Å². The van der Waals surface area contributed by atoms with E-state index >= 15 is 0 Å². The molecule has 5 heteroatoms. The van der Waals surface area contributed by atoms with E-state index in [1.54, 1.807) is 12.2 Å². The van der Waals surface area contributed by atoms with Gasteiger partial charge in [0.25, 0.3) is 0 Å². The van der Waals surface area contributed by atoms with E-state index in [2.05, 4.69) is 37.3 Å². The minimum Gasteiger partial charge on any atom is -0.493 e. The molecule has 5 nitrogen and oxygen atoms in total. The fraction of sp³-hybridized carbons (Fsp3) is 0.567. The Morgan fingerprint density at radius 1 is 1.17 bits per heavy atom. The van der Waals surface area contributed by atoms with Gasteiger partial charge >= 0.3 is 5.97 Å². The summed E-state index contributed by atoms with van der Waals surface area (Å²) in [6.45, 7) is 20.7. The Balaban J connectivity index is 0.00000562. The molecule has 1 aromatic carbocycles. The molecule has 35 heavy (non-hydrogen) atoms. The number of aryl methyl sites for hydroxylation is 1. The SMILES string of the molecule is C=CCO/C(=C\C/C=C/C(=O)OC)C(CC)(CC)c1ccc(OCC(O)C(C)(C)C)c(C)c1.CC. The summed E-state index contributed by atoms with van der Waals surface area (Å²) >= 11 is 0. The van der Waals surface area contributed by atoms with Gasteiger partial charge in [-0.1, -0.05) is 79.3 Å². The number of methoxy groups -OCH3 is 1. The van der Waals surface area contributed by atoms with Crippen molar-refractivity contribution in [2.75, 3.05) is 20.3 Å². The summed E-state index contributed by atoms with van der Waals surface area (Å²) < 4.78 is 16.7. The molecule has 0 aromatic heterocycles. The number of ether oxygens (including phenoxy) is 3. The van der Waals surface area contributed by atoms with Crippen molar-refractivity contribution in [3.63, 3.8) is 0 Å². The molecule has 0 aliphatic rings. The quantitative estimate of drug-likeness (QED) is 0.139. The molecule has 0 aliphatic heterocycles. The maximum absolute atomic E-state index is 11.4. The van der Waals surface area contributed by atoms with Gasteiger partial charge in [0, 0.05) is 6.08 Å². The van der Waals surface area contributed by atoms with Crippen molar-refractivity contribution < 1.29 is 24.1 Å². The van der Waals surface area contributed by atoms with Crippen LogP contribution in [0.2, 0.25) is 0 Å². The van der Waals surface area contributed by atoms with Crippen LogP contribution in [-0.2, 0) is 19.7 Å². The number of allylic oxidation sites excluding steroid dienone is 3. The number of hydrogen-bond donors (Lipinski definition) is 1. The normalized spacial score (nSPS) is 13.0. The number of benzene rings is 1. The smallest absolute Gasteiger partial charge is 0.330 e. The lowest BCUT2D eigenvalue weighted by molar-refractivity contribution is -0.134. The van der Waals surface area contributed by atoms with Gasteiger partial charge in [-0.3, -0.25) is 0 Å². The van der Waals surface area contributed by atoms with E-state index < -0.39 is 6.10 Å². The summed E-state index contributed by atoms with van der Waals surface area (Å²) in [6.07, 6.45) is 8.62. The molecule has 0 radical (unpaired) electrons. The topological polar surface area (TPSA) is 65.0 Å². The van der Waals surface area contributed by atoms with Gasteiger partial charge < -0.3 is 19.3 Å². The standard InChI is InChI=1S/C28H42O5.C2H6/c1-9-18-32-25(14-12-13-15-26(30)31-8)28(10-2,11-3)22-16-17-23(21(4)19-22)33-20-24(29)27(5,6)7;1-2/h9,13-17,19,24,29H,1,10-12,18,20H2,2-8H3;1-2H3/b15-13+,25-14-;. The summed E-state index contributed by atoms with van der Waals surface area (Å²) in [5.74, 6) is 1.25. The highest BCUT2D eigenvalue weighted by Gasteiger charge is 2.35. The van der Waals surface area contributed by atoms with Crippen molar-refractivity contribution in [2.24, 2.45) is 5.41 Å². The number of hydrogen-bond acceptors (Lipinski definition) is 5. The van der Waals surface area contributed by atoms with Crippen molar-refractivity contribution in [3.8, 4) is 5.75 Å². The first-order valence-corrected chi connectivity index (χ1v) is 12.7. The van der Waals surface area contributed by atoms with Crippen LogP contribution in [0.4, 0.5) is 0 Å². The van der Waals surface area contributed by atoms with E-state index in [1.165, 1.54) is 13.2 Å². The maximum atomic E-state index is 11.4. The van der Waals surface area contributed by atoms with E-state index in [1.807, 2.05) is 53.7 Å². The van der Waals surface area contributed by atoms with E-state index in [9.17, 15) is 9.90 Å². The summed E-state index contributed by atoms with van der Waals surface area (Å²) in [7, 11) is 1.36. The molecule has 1 rings (SSSR count). The van der Waals surface area contributed by atoms with Crippen LogP contribution in [0.25, 0.3) is 0 Å². The van der Waals surface area contributed by atoms with Gasteiger partial charge in [-0.2, -0.15) is 0 Å². The zero-order valence-electron chi connectivity index (χ0n) is 23.4. The van der Waals surface area contributed by atoms with E-state index in [0.717, 1.165) is 35.5 Å². The van der Waals surface area contributed by atoms with Gasteiger partial charge in [0.05, 0.1) is 18.6 Å². The second-order valence-electron chi connectivity index (χ2n) is 9.29. The lowest BCUT2D eigenvalue weighted by atomic mass is 9.73. The molecule has 0 heterocycles. The van der Waals surface area contributed by atoms with Crippen LogP contribution in [0.1, 0.15) is 78.9 Å². The van der Waals surface area contributed by atoms with Gasteiger partial charge in [0.15, 0.2) is 0 Å². The molecule has 0 amide bonds.